The Morgan fingerprint density at radius 2 is 1.70 bits per heavy atom. The Morgan fingerprint density at radius 1 is 1.06 bits per heavy atom. The number of nitrogens with zero attached hydrogens (tertiary/aromatic N) is 4. The Labute approximate surface area is 197 Å². The molecule has 176 valence electrons. The van der Waals surface area contributed by atoms with E-state index in [0.717, 1.165) is 22.3 Å². The molecule has 0 bridgehead atoms. The molecule has 2 aromatic heterocycles. The maximum Gasteiger partial charge on any atom is 0.262 e. The highest BCUT2D eigenvalue weighted by Gasteiger charge is 2.32. The number of hydrogen-bond acceptors (Lipinski definition) is 6. The van der Waals surface area contributed by atoms with Gasteiger partial charge in [-0.3, -0.25) is 14.2 Å². The van der Waals surface area contributed by atoms with E-state index in [0.29, 0.717) is 28.2 Å². The SMILES string of the molecule is Cc1cc(C)c(C)c(S(=O)(=O)N2CCN(C(=O)CCn3cnc4sccc4c3=O)CC2)c1C. The summed E-state index contributed by atoms with van der Waals surface area (Å²) in [6, 6.07) is 3.75. The molecule has 3 heterocycles. The zero-order chi connectivity index (χ0) is 23.9. The average molecular weight is 489 g/mol. The predicted molar refractivity (Wildman–Crippen MR) is 129 cm³/mol. The summed E-state index contributed by atoms with van der Waals surface area (Å²) in [6.07, 6.45) is 1.65. The van der Waals surface area contributed by atoms with Crippen molar-refractivity contribution >= 4 is 37.5 Å². The van der Waals surface area contributed by atoms with Crippen LogP contribution in [0, 0.1) is 27.7 Å². The average Bonchev–Trinajstić information content (AvgIpc) is 3.27. The molecule has 0 unspecified atom stereocenters. The summed E-state index contributed by atoms with van der Waals surface area (Å²) >= 11 is 1.41. The first kappa shape index (κ1) is 23.6. The van der Waals surface area contributed by atoms with Gasteiger partial charge in [0.1, 0.15) is 4.83 Å². The quantitative estimate of drug-likeness (QED) is 0.551. The van der Waals surface area contributed by atoms with Crippen molar-refractivity contribution in [3.8, 4) is 0 Å². The van der Waals surface area contributed by atoms with E-state index in [2.05, 4.69) is 4.98 Å². The minimum Gasteiger partial charge on any atom is -0.340 e. The topological polar surface area (TPSA) is 92.6 Å². The second-order valence-corrected chi connectivity index (χ2v) is 11.3. The number of rotatable bonds is 5. The summed E-state index contributed by atoms with van der Waals surface area (Å²) in [7, 11) is -3.65. The highest BCUT2D eigenvalue weighted by molar-refractivity contribution is 7.89. The van der Waals surface area contributed by atoms with Crippen molar-refractivity contribution in [2.45, 2.75) is 45.6 Å². The standard InChI is InChI=1S/C23H28N4O4S2/c1-15-13-16(2)18(4)21(17(15)3)33(30,31)27-10-8-25(9-11-27)20(28)5-7-26-14-24-22-19(23(26)29)6-12-32-22/h6,12-14H,5,7-11H2,1-4H3. The smallest absolute Gasteiger partial charge is 0.262 e. The summed E-state index contributed by atoms with van der Waals surface area (Å²) < 4.78 is 29.8. The lowest BCUT2D eigenvalue weighted by atomic mass is 10.0. The van der Waals surface area contributed by atoms with Crippen LogP contribution >= 0.6 is 11.3 Å². The number of sulfonamides is 1. The van der Waals surface area contributed by atoms with Crippen LogP contribution in [0.25, 0.3) is 10.2 Å². The molecule has 10 heteroatoms. The summed E-state index contributed by atoms with van der Waals surface area (Å²) in [5.41, 5.74) is 3.31. The lowest BCUT2D eigenvalue weighted by Gasteiger charge is -2.35. The van der Waals surface area contributed by atoms with Gasteiger partial charge in [0.15, 0.2) is 0 Å². The first-order valence-electron chi connectivity index (χ1n) is 10.9. The number of piperazine rings is 1. The van der Waals surface area contributed by atoms with E-state index in [1.54, 1.807) is 11.0 Å². The van der Waals surface area contributed by atoms with Crippen LogP contribution in [0.4, 0.5) is 0 Å². The number of aromatic nitrogens is 2. The van der Waals surface area contributed by atoms with E-state index in [9.17, 15) is 18.0 Å². The lowest BCUT2D eigenvalue weighted by Crippen LogP contribution is -2.50. The number of carbonyl (C=O) groups excluding carboxylic acids is 1. The largest absolute Gasteiger partial charge is 0.340 e. The molecule has 1 fully saturated rings. The summed E-state index contributed by atoms with van der Waals surface area (Å²) in [5.74, 6) is -0.0943. The maximum absolute atomic E-state index is 13.4. The van der Waals surface area contributed by atoms with Crippen LogP contribution in [0.5, 0.6) is 0 Å². The normalized spacial score (nSPS) is 15.3. The van der Waals surface area contributed by atoms with Gasteiger partial charge in [-0.1, -0.05) is 6.07 Å². The Hall–Kier alpha value is -2.56. The molecule has 0 aliphatic carbocycles. The number of aryl methyl sites for hydroxylation is 3. The van der Waals surface area contributed by atoms with Gasteiger partial charge in [0.25, 0.3) is 5.56 Å². The van der Waals surface area contributed by atoms with Gasteiger partial charge in [-0.05, 0) is 61.4 Å². The van der Waals surface area contributed by atoms with Crippen molar-refractivity contribution in [3.63, 3.8) is 0 Å². The van der Waals surface area contributed by atoms with Crippen LogP contribution in [0.3, 0.4) is 0 Å². The van der Waals surface area contributed by atoms with Crippen molar-refractivity contribution in [1.29, 1.82) is 0 Å². The van der Waals surface area contributed by atoms with E-state index in [-0.39, 0.29) is 37.5 Å². The first-order chi connectivity index (χ1) is 15.6. The van der Waals surface area contributed by atoms with Crippen LogP contribution < -0.4 is 5.56 Å². The molecule has 0 spiro atoms. The number of hydrogen-bond donors (Lipinski definition) is 0. The summed E-state index contributed by atoms with van der Waals surface area (Å²) in [6.45, 7) is 8.95. The highest BCUT2D eigenvalue weighted by Crippen LogP contribution is 2.29. The molecule has 1 aromatic carbocycles. The van der Waals surface area contributed by atoms with E-state index < -0.39 is 10.0 Å². The van der Waals surface area contributed by atoms with Crippen LogP contribution in [0.2, 0.25) is 0 Å². The molecule has 1 amide bonds. The molecule has 33 heavy (non-hydrogen) atoms. The third kappa shape index (κ3) is 4.34. The summed E-state index contributed by atoms with van der Waals surface area (Å²) in [5, 5.41) is 2.38. The lowest BCUT2D eigenvalue weighted by molar-refractivity contribution is -0.132. The molecule has 4 rings (SSSR count). The molecular formula is C23H28N4O4S2. The zero-order valence-electron chi connectivity index (χ0n) is 19.3. The molecule has 0 radical (unpaired) electrons. The van der Waals surface area contributed by atoms with Crippen molar-refractivity contribution in [2.75, 3.05) is 26.2 Å². The Morgan fingerprint density at radius 3 is 2.33 bits per heavy atom. The molecule has 0 atom stereocenters. The van der Waals surface area contributed by atoms with Gasteiger partial charge in [0.05, 0.1) is 16.6 Å². The number of amides is 1. The third-order valence-electron chi connectivity index (χ3n) is 6.50. The Balaban J connectivity index is 1.42. The zero-order valence-corrected chi connectivity index (χ0v) is 20.9. The number of carbonyl (C=O) groups is 1. The van der Waals surface area contributed by atoms with Gasteiger partial charge in [0, 0.05) is 39.1 Å². The van der Waals surface area contributed by atoms with Crippen molar-refractivity contribution in [3.05, 3.63) is 56.4 Å². The van der Waals surface area contributed by atoms with E-state index in [1.165, 1.54) is 26.5 Å². The maximum atomic E-state index is 13.4. The molecule has 3 aromatic rings. The van der Waals surface area contributed by atoms with Crippen LogP contribution in [0.1, 0.15) is 28.7 Å². The van der Waals surface area contributed by atoms with Gasteiger partial charge in [-0.15, -0.1) is 11.3 Å². The monoisotopic (exact) mass is 488 g/mol. The fraction of sp³-hybridized carbons (Fsp3) is 0.435. The summed E-state index contributed by atoms with van der Waals surface area (Å²) in [4.78, 5) is 32.3. The van der Waals surface area contributed by atoms with Gasteiger partial charge in [-0.2, -0.15) is 4.31 Å². The van der Waals surface area contributed by atoms with Crippen LogP contribution in [-0.4, -0.2) is 59.3 Å². The molecule has 1 aliphatic heterocycles. The number of fused-ring (bicyclic) bond motifs is 1. The molecule has 1 aliphatic rings. The molecule has 0 N–H and O–H groups in total. The minimum atomic E-state index is -3.65. The molecule has 1 saturated heterocycles. The Kier molecular flexibility index (Phi) is 6.43. The van der Waals surface area contributed by atoms with E-state index in [4.69, 9.17) is 0 Å². The molecule has 8 nitrogen and oxygen atoms in total. The predicted octanol–water partition coefficient (Wildman–Crippen LogP) is 2.61. The van der Waals surface area contributed by atoms with Gasteiger partial charge in [-0.25, -0.2) is 13.4 Å². The fourth-order valence-corrected chi connectivity index (χ4v) is 7.02. The van der Waals surface area contributed by atoms with Gasteiger partial charge in [0.2, 0.25) is 15.9 Å². The van der Waals surface area contributed by atoms with E-state index >= 15 is 0 Å². The van der Waals surface area contributed by atoms with Crippen molar-refractivity contribution < 1.29 is 13.2 Å². The van der Waals surface area contributed by atoms with Crippen molar-refractivity contribution in [2.24, 2.45) is 0 Å². The fourth-order valence-electron chi connectivity index (χ4n) is 4.30. The minimum absolute atomic E-state index is 0.0943. The van der Waals surface area contributed by atoms with Crippen LogP contribution in [-0.2, 0) is 21.4 Å². The molecule has 0 saturated carbocycles. The van der Waals surface area contributed by atoms with Gasteiger partial charge < -0.3 is 4.90 Å². The highest BCUT2D eigenvalue weighted by atomic mass is 32.2. The van der Waals surface area contributed by atoms with Crippen LogP contribution in [0.15, 0.2) is 33.5 Å². The number of thiophene rings is 1. The van der Waals surface area contributed by atoms with Gasteiger partial charge >= 0.3 is 0 Å². The number of benzene rings is 1. The van der Waals surface area contributed by atoms with Crippen molar-refractivity contribution in [1.82, 2.24) is 18.8 Å². The first-order valence-corrected chi connectivity index (χ1v) is 13.2. The second kappa shape index (κ2) is 9.00. The second-order valence-electron chi connectivity index (χ2n) is 8.51. The Bertz CT molecular complexity index is 1360. The third-order valence-corrected chi connectivity index (χ3v) is 9.50. The van der Waals surface area contributed by atoms with E-state index in [1.807, 2.05) is 39.1 Å². The molecular weight excluding hydrogens is 460 g/mol.